The number of anilines is 1. The Balaban J connectivity index is 2.14. The second-order valence-corrected chi connectivity index (χ2v) is 5.52. The lowest BCUT2D eigenvalue weighted by atomic mass is 10.0. The number of thiocarbonyl (C=S) groups is 1. The van der Waals surface area contributed by atoms with Crippen molar-refractivity contribution in [2.75, 3.05) is 18.0 Å². The number of hydrogen-bond acceptors (Lipinski definition) is 4. The molecule has 5 heteroatoms. The Hall–Kier alpha value is -1.69. The van der Waals surface area contributed by atoms with E-state index in [9.17, 15) is 10.2 Å². The van der Waals surface area contributed by atoms with Crippen LogP contribution in [0.2, 0.25) is 0 Å². The third kappa shape index (κ3) is 2.14. The van der Waals surface area contributed by atoms with E-state index in [1.165, 1.54) is 0 Å². The van der Waals surface area contributed by atoms with E-state index in [1.807, 2.05) is 41.3 Å². The predicted octanol–water partition coefficient (Wildman–Crippen LogP) is 1.02. The monoisotopic (exact) mass is 288 g/mol. The maximum atomic E-state index is 9.71. The first-order valence-electron chi connectivity index (χ1n) is 6.50. The Labute approximate surface area is 122 Å². The highest BCUT2D eigenvalue weighted by atomic mass is 32.1. The molecule has 0 saturated carbocycles. The number of benzene rings is 2. The van der Waals surface area contributed by atoms with Gasteiger partial charge in [0.05, 0.1) is 12.2 Å². The van der Waals surface area contributed by atoms with Gasteiger partial charge in [0, 0.05) is 29.7 Å². The zero-order chi connectivity index (χ0) is 14.3. The van der Waals surface area contributed by atoms with Crippen molar-refractivity contribution < 1.29 is 10.2 Å². The highest BCUT2D eigenvalue weighted by Gasteiger charge is 2.30. The number of nitrogens with two attached hydrogens (primary N) is 1. The summed E-state index contributed by atoms with van der Waals surface area (Å²) in [4.78, 5) is 2.36. The summed E-state index contributed by atoms with van der Waals surface area (Å²) in [5.74, 6) is 0. The van der Waals surface area contributed by atoms with Gasteiger partial charge in [-0.1, -0.05) is 36.5 Å². The van der Waals surface area contributed by atoms with Gasteiger partial charge in [-0.25, -0.2) is 0 Å². The molecule has 0 aliphatic carbocycles. The van der Waals surface area contributed by atoms with Crippen LogP contribution in [0.1, 0.15) is 5.56 Å². The van der Waals surface area contributed by atoms with E-state index in [-0.39, 0.29) is 0 Å². The summed E-state index contributed by atoms with van der Waals surface area (Å²) in [6.45, 7) is 0.856. The second kappa shape index (κ2) is 5.01. The molecule has 3 rings (SSSR count). The number of aliphatic hydroxyl groups is 2. The third-order valence-electron chi connectivity index (χ3n) is 3.77. The molecule has 0 spiro atoms. The minimum absolute atomic E-state index is 0.370. The number of fused-ring (bicyclic) bond motifs is 1. The van der Waals surface area contributed by atoms with Crippen molar-refractivity contribution in [2.24, 2.45) is 5.73 Å². The van der Waals surface area contributed by atoms with E-state index in [0.717, 1.165) is 22.0 Å². The normalized spacial score (nSPS) is 22.4. The largest absolute Gasteiger partial charge is 0.389 e. The van der Waals surface area contributed by atoms with Crippen LogP contribution in [-0.4, -0.2) is 40.5 Å². The molecule has 4 nitrogen and oxygen atoms in total. The number of nitrogens with zero attached hydrogens (tertiary/aromatic N) is 1. The van der Waals surface area contributed by atoms with E-state index in [2.05, 4.69) is 0 Å². The molecule has 104 valence electrons. The Kier molecular flexibility index (Phi) is 3.33. The summed E-state index contributed by atoms with van der Waals surface area (Å²) in [5.41, 5.74) is 7.59. The van der Waals surface area contributed by atoms with Crippen molar-refractivity contribution in [3.63, 3.8) is 0 Å². The fourth-order valence-corrected chi connectivity index (χ4v) is 2.92. The number of β-amino-alcohol motifs (C(OH)–C–C–N with tert-alkyl or cyclic N) is 2. The van der Waals surface area contributed by atoms with Crippen LogP contribution in [0.4, 0.5) is 5.69 Å². The van der Waals surface area contributed by atoms with Crippen molar-refractivity contribution >= 4 is 33.7 Å². The van der Waals surface area contributed by atoms with Gasteiger partial charge in [0.25, 0.3) is 0 Å². The third-order valence-corrected chi connectivity index (χ3v) is 3.99. The van der Waals surface area contributed by atoms with Crippen molar-refractivity contribution in [3.8, 4) is 0 Å². The van der Waals surface area contributed by atoms with Crippen LogP contribution in [0, 0.1) is 0 Å². The molecule has 0 aromatic heterocycles. The van der Waals surface area contributed by atoms with E-state index in [4.69, 9.17) is 18.0 Å². The van der Waals surface area contributed by atoms with Crippen molar-refractivity contribution in [1.82, 2.24) is 0 Å². The topological polar surface area (TPSA) is 69.7 Å². The van der Waals surface area contributed by atoms with Gasteiger partial charge < -0.3 is 20.8 Å². The van der Waals surface area contributed by atoms with Gasteiger partial charge in [-0.05, 0) is 17.5 Å². The molecule has 2 atom stereocenters. The van der Waals surface area contributed by atoms with Gasteiger partial charge in [0.2, 0.25) is 0 Å². The molecule has 4 N–H and O–H groups in total. The van der Waals surface area contributed by atoms with Gasteiger partial charge in [-0.2, -0.15) is 0 Å². The molecule has 1 aliphatic heterocycles. The van der Waals surface area contributed by atoms with Crippen molar-refractivity contribution in [2.45, 2.75) is 12.2 Å². The Morgan fingerprint density at radius 3 is 2.25 bits per heavy atom. The zero-order valence-electron chi connectivity index (χ0n) is 10.9. The van der Waals surface area contributed by atoms with Gasteiger partial charge in [-0.3, -0.25) is 0 Å². The van der Waals surface area contributed by atoms with Crippen LogP contribution < -0.4 is 10.6 Å². The molecular weight excluding hydrogens is 272 g/mol. The Bertz CT molecular complexity index is 664. The van der Waals surface area contributed by atoms with Gasteiger partial charge >= 0.3 is 0 Å². The van der Waals surface area contributed by atoms with Crippen molar-refractivity contribution in [3.05, 3.63) is 42.0 Å². The average molecular weight is 288 g/mol. The molecular formula is C15H16N2O2S. The summed E-state index contributed by atoms with van der Waals surface area (Å²) >= 11 is 5.09. The molecule has 0 bridgehead atoms. The Morgan fingerprint density at radius 1 is 1.05 bits per heavy atom. The van der Waals surface area contributed by atoms with Crippen LogP contribution in [-0.2, 0) is 0 Å². The molecule has 2 aromatic carbocycles. The van der Waals surface area contributed by atoms with Gasteiger partial charge in [0.15, 0.2) is 0 Å². The van der Waals surface area contributed by atoms with Crippen LogP contribution >= 0.6 is 12.2 Å². The lowest BCUT2D eigenvalue weighted by Crippen LogP contribution is -2.22. The standard InChI is InChI=1S/C15H16N2O2S/c16-15(20)11-5-6-12(10-4-2-1-3-9(10)11)17-7-13(18)14(19)8-17/h1-6,13-14,18-19H,7-8H2,(H2,16,20). The van der Waals surface area contributed by atoms with Crippen LogP contribution in [0.25, 0.3) is 10.8 Å². The summed E-state index contributed by atoms with van der Waals surface area (Å²) < 4.78 is 0. The maximum Gasteiger partial charge on any atom is 0.104 e. The van der Waals surface area contributed by atoms with Gasteiger partial charge in [-0.15, -0.1) is 0 Å². The lowest BCUT2D eigenvalue weighted by molar-refractivity contribution is 0.0572. The molecule has 1 saturated heterocycles. The van der Waals surface area contributed by atoms with Crippen molar-refractivity contribution in [1.29, 1.82) is 0 Å². The molecule has 1 aliphatic rings. The SMILES string of the molecule is NC(=S)c1ccc(N2CC(O)C(O)C2)c2ccccc12. The van der Waals surface area contributed by atoms with Crippen LogP contribution in [0.3, 0.4) is 0 Å². The van der Waals surface area contributed by atoms with E-state index in [1.54, 1.807) is 0 Å². The first kappa shape index (κ1) is 13.3. The summed E-state index contributed by atoms with van der Waals surface area (Å²) in [7, 11) is 0. The van der Waals surface area contributed by atoms with Gasteiger partial charge in [0.1, 0.15) is 4.99 Å². The number of aliphatic hydroxyl groups excluding tert-OH is 2. The van der Waals surface area contributed by atoms with Crippen LogP contribution in [0.15, 0.2) is 36.4 Å². The smallest absolute Gasteiger partial charge is 0.104 e. The molecule has 1 heterocycles. The molecule has 20 heavy (non-hydrogen) atoms. The van der Waals surface area contributed by atoms with Crippen LogP contribution in [0.5, 0.6) is 0 Å². The molecule has 2 aromatic rings. The second-order valence-electron chi connectivity index (χ2n) is 5.08. The minimum atomic E-state index is -0.705. The Morgan fingerprint density at radius 2 is 1.65 bits per heavy atom. The highest BCUT2D eigenvalue weighted by molar-refractivity contribution is 7.80. The summed E-state index contributed by atoms with van der Waals surface area (Å²) in [5, 5.41) is 21.4. The zero-order valence-corrected chi connectivity index (χ0v) is 11.7. The first-order chi connectivity index (χ1) is 9.58. The molecule has 1 fully saturated rings. The van der Waals surface area contributed by atoms with E-state index >= 15 is 0 Å². The lowest BCUT2D eigenvalue weighted by Gasteiger charge is -2.21. The fourth-order valence-electron chi connectivity index (χ4n) is 2.74. The fraction of sp³-hybridized carbons (Fsp3) is 0.267. The number of hydrogen-bond donors (Lipinski definition) is 3. The molecule has 0 amide bonds. The summed E-state index contributed by atoms with van der Waals surface area (Å²) in [6, 6.07) is 11.7. The number of rotatable bonds is 2. The molecule has 2 unspecified atom stereocenters. The molecule has 0 radical (unpaired) electrons. The average Bonchev–Trinajstić information content (AvgIpc) is 2.77. The predicted molar refractivity (Wildman–Crippen MR) is 84.1 cm³/mol. The highest BCUT2D eigenvalue weighted by Crippen LogP contribution is 2.31. The maximum absolute atomic E-state index is 9.71. The summed E-state index contributed by atoms with van der Waals surface area (Å²) in [6.07, 6.45) is -1.41. The quantitative estimate of drug-likeness (QED) is 0.720. The van der Waals surface area contributed by atoms with E-state index in [0.29, 0.717) is 18.1 Å². The first-order valence-corrected chi connectivity index (χ1v) is 6.91. The minimum Gasteiger partial charge on any atom is -0.389 e. The van der Waals surface area contributed by atoms with E-state index < -0.39 is 12.2 Å².